The minimum absolute atomic E-state index is 0.0894. The fourth-order valence-corrected chi connectivity index (χ4v) is 5.80. The molecule has 0 aromatic heterocycles. The summed E-state index contributed by atoms with van der Waals surface area (Å²) in [7, 11) is 0. The number of ether oxygens (including phenoxy) is 1. The maximum absolute atomic E-state index is 12.7. The molecule has 0 spiro atoms. The van der Waals surface area contributed by atoms with E-state index >= 15 is 0 Å². The predicted octanol–water partition coefficient (Wildman–Crippen LogP) is 12.1. The Morgan fingerprint density at radius 2 is 1.07 bits per heavy atom. The Balaban J connectivity index is 4.58. The lowest BCUT2D eigenvalue weighted by molar-refractivity contribution is -0.148. The number of aliphatic carboxylic acids is 1. The van der Waals surface area contributed by atoms with Crippen LogP contribution in [0.2, 0.25) is 0 Å². The van der Waals surface area contributed by atoms with Crippen molar-refractivity contribution < 1.29 is 24.2 Å². The van der Waals surface area contributed by atoms with Gasteiger partial charge in [-0.15, -0.1) is 0 Å². The fraction of sp³-hybridized carbons (Fsp3) is 0.638. The molecule has 54 heavy (non-hydrogen) atoms. The first kappa shape index (κ1) is 50.5. The van der Waals surface area contributed by atoms with Crippen LogP contribution >= 0.6 is 0 Å². The molecule has 2 unspecified atom stereocenters. The lowest BCUT2D eigenvalue weighted by Crippen LogP contribution is -2.40. The molecule has 0 saturated heterocycles. The number of allylic oxidation sites excluding steroid dienone is 13. The summed E-state index contributed by atoms with van der Waals surface area (Å²) in [6.07, 6.45) is 53.5. The van der Waals surface area contributed by atoms with E-state index in [0.717, 1.165) is 96.3 Å². The number of amides is 1. The molecule has 4 N–H and O–H groups in total. The van der Waals surface area contributed by atoms with E-state index in [-0.39, 0.29) is 24.4 Å². The van der Waals surface area contributed by atoms with Crippen LogP contribution < -0.4 is 11.1 Å². The van der Waals surface area contributed by atoms with Gasteiger partial charge in [0.1, 0.15) is 12.1 Å². The van der Waals surface area contributed by atoms with Crippen molar-refractivity contribution in [3.05, 3.63) is 85.1 Å². The molecule has 7 heteroatoms. The van der Waals surface area contributed by atoms with Crippen molar-refractivity contribution in [2.24, 2.45) is 5.73 Å². The Kier molecular flexibility index (Phi) is 38.1. The largest absolute Gasteiger partial charge is 0.480 e. The van der Waals surface area contributed by atoms with Crippen molar-refractivity contribution in [3.8, 4) is 0 Å². The number of nitrogens with two attached hydrogens (primary N) is 1. The average Bonchev–Trinajstić information content (AvgIpc) is 3.16. The monoisotopic (exact) mass is 751 g/mol. The van der Waals surface area contributed by atoms with Gasteiger partial charge in [0.25, 0.3) is 0 Å². The number of nitrogens with one attached hydrogen (secondary N) is 1. The topological polar surface area (TPSA) is 119 Å². The van der Waals surface area contributed by atoms with Crippen LogP contribution in [0.5, 0.6) is 0 Å². The van der Waals surface area contributed by atoms with Crippen LogP contribution in [0.3, 0.4) is 0 Å². The molecular formula is C47H78N2O5. The first-order valence-electron chi connectivity index (χ1n) is 21.4. The Hall–Kier alpha value is -3.45. The molecule has 0 heterocycles. The van der Waals surface area contributed by atoms with Gasteiger partial charge in [0.15, 0.2) is 0 Å². The molecule has 306 valence electrons. The second-order valence-corrected chi connectivity index (χ2v) is 14.0. The summed E-state index contributed by atoms with van der Waals surface area (Å²) >= 11 is 0. The Morgan fingerprint density at radius 3 is 1.67 bits per heavy atom. The van der Waals surface area contributed by atoms with E-state index in [4.69, 9.17) is 10.5 Å². The molecule has 0 fully saturated rings. The Labute approximate surface area is 330 Å². The standard InChI is InChI=1S/C47H78N2O5/c1-3-5-7-9-11-13-15-17-18-20-22-24-26-31-35-41-46(51)54-43(37-32-28-25-23-21-19-16-14-12-10-8-6-4-2)38-33-29-27-30-34-40-45(50)49-44(47(52)53)39-36-42-48/h5,7,11,13,16-19,22-25,31,35,43-44H,3-4,6,8-10,12,14-15,20-21,26-30,32-34,36-42,48H2,1-2H3,(H,49,50)(H,52,53)/b7-5-,13-11-,18-17-,19-16-,24-22-,25-23-,35-31-. The van der Waals surface area contributed by atoms with Crippen molar-refractivity contribution in [3.63, 3.8) is 0 Å². The molecule has 7 nitrogen and oxygen atoms in total. The second kappa shape index (κ2) is 40.7. The first-order chi connectivity index (χ1) is 26.4. The number of carboxylic acids is 1. The number of rotatable bonds is 37. The zero-order valence-electron chi connectivity index (χ0n) is 34.3. The molecule has 0 aromatic rings. The third-order valence-corrected chi connectivity index (χ3v) is 8.98. The van der Waals surface area contributed by atoms with Crippen LogP contribution in [0.1, 0.15) is 174 Å². The summed E-state index contributed by atoms with van der Waals surface area (Å²) in [6.45, 7) is 4.79. The van der Waals surface area contributed by atoms with Crippen molar-refractivity contribution in [1.82, 2.24) is 5.32 Å². The number of esters is 1. The fourth-order valence-electron chi connectivity index (χ4n) is 5.80. The molecule has 0 aliphatic rings. The van der Waals surface area contributed by atoms with Gasteiger partial charge in [-0.3, -0.25) is 9.59 Å². The molecule has 0 bridgehead atoms. The molecule has 0 radical (unpaired) electrons. The minimum Gasteiger partial charge on any atom is -0.480 e. The molecule has 0 rings (SSSR count). The van der Waals surface area contributed by atoms with Crippen molar-refractivity contribution in [2.75, 3.05) is 6.54 Å². The lowest BCUT2D eigenvalue weighted by atomic mass is 10.0. The zero-order valence-corrected chi connectivity index (χ0v) is 34.3. The highest BCUT2D eigenvalue weighted by atomic mass is 16.5. The van der Waals surface area contributed by atoms with Gasteiger partial charge in [-0.05, 0) is 109 Å². The number of hydrogen-bond acceptors (Lipinski definition) is 5. The third-order valence-electron chi connectivity index (χ3n) is 8.98. The maximum atomic E-state index is 12.7. The quantitative estimate of drug-likeness (QED) is 0.0330. The lowest BCUT2D eigenvalue weighted by Gasteiger charge is -2.17. The van der Waals surface area contributed by atoms with E-state index in [0.29, 0.717) is 25.8 Å². The van der Waals surface area contributed by atoms with Gasteiger partial charge in [-0.1, -0.05) is 144 Å². The molecule has 2 atom stereocenters. The van der Waals surface area contributed by atoms with E-state index in [1.807, 2.05) is 12.2 Å². The van der Waals surface area contributed by atoms with Gasteiger partial charge >= 0.3 is 11.9 Å². The van der Waals surface area contributed by atoms with Gasteiger partial charge in [0.05, 0.1) is 6.42 Å². The smallest absolute Gasteiger partial charge is 0.326 e. The normalized spacial score (nSPS) is 13.5. The van der Waals surface area contributed by atoms with Crippen LogP contribution in [-0.4, -0.2) is 41.6 Å². The number of carboxylic acid groups (broad SMARTS) is 1. The van der Waals surface area contributed by atoms with Crippen molar-refractivity contribution >= 4 is 17.8 Å². The van der Waals surface area contributed by atoms with Gasteiger partial charge < -0.3 is 20.9 Å². The van der Waals surface area contributed by atoms with E-state index in [1.54, 1.807) is 0 Å². The van der Waals surface area contributed by atoms with E-state index in [1.165, 1.54) is 38.5 Å². The van der Waals surface area contributed by atoms with Gasteiger partial charge in [0, 0.05) is 6.42 Å². The van der Waals surface area contributed by atoms with Crippen LogP contribution in [0.25, 0.3) is 0 Å². The first-order valence-corrected chi connectivity index (χ1v) is 21.4. The van der Waals surface area contributed by atoms with E-state index in [2.05, 4.69) is 92.1 Å². The summed E-state index contributed by atoms with van der Waals surface area (Å²) < 4.78 is 5.95. The molecule has 0 saturated carbocycles. The van der Waals surface area contributed by atoms with Crippen LogP contribution in [0, 0.1) is 0 Å². The van der Waals surface area contributed by atoms with Crippen LogP contribution in [-0.2, 0) is 19.1 Å². The average molecular weight is 751 g/mol. The Bertz CT molecular complexity index is 1120. The van der Waals surface area contributed by atoms with Gasteiger partial charge in [0.2, 0.25) is 5.91 Å². The highest BCUT2D eigenvalue weighted by molar-refractivity contribution is 5.83. The summed E-state index contributed by atoms with van der Waals surface area (Å²) in [5.74, 6) is -1.41. The second-order valence-electron chi connectivity index (χ2n) is 14.0. The van der Waals surface area contributed by atoms with Crippen molar-refractivity contribution in [1.29, 1.82) is 0 Å². The number of carbonyl (C=O) groups is 3. The summed E-state index contributed by atoms with van der Waals surface area (Å²) in [6, 6.07) is -0.871. The third kappa shape index (κ3) is 36.9. The van der Waals surface area contributed by atoms with Crippen molar-refractivity contribution in [2.45, 2.75) is 187 Å². The molecule has 1 amide bonds. The van der Waals surface area contributed by atoms with Gasteiger partial charge in [-0.2, -0.15) is 0 Å². The molecule has 0 aliphatic carbocycles. The summed E-state index contributed by atoms with van der Waals surface area (Å²) in [5.41, 5.74) is 5.48. The van der Waals surface area contributed by atoms with Crippen LogP contribution in [0.15, 0.2) is 85.1 Å². The predicted molar refractivity (Wildman–Crippen MR) is 229 cm³/mol. The molecular weight excluding hydrogens is 673 g/mol. The zero-order chi connectivity index (χ0) is 39.6. The molecule has 0 aromatic carbocycles. The number of carbonyl (C=O) groups excluding carboxylic acids is 2. The molecule has 0 aliphatic heterocycles. The minimum atomic E-state index is -1.02. The van der Waals surface area contributed by atoms with Gasteiger partial charge in [-0.25, -0.2) is 4.79 Å². The number of hydrogen-bond donors (Lipinski definition) is 3. The summed E-state index contributed by atoms with van der Waals surface area (Å²) in [4.78, 5) is 36.3. The highest BCUT2D eigenvalue weighted by Gasteiger charge is 2.19. The van der Waals surface area contributed by atoms with Crippen LogP contribution in [0.4, 0.5) is 0 Å². The summed E-state index contributed by atoms with van der Waals surface area (Å²) in [5, 5.41) is 11.9. The SMILES string of the molecule is CC/C=C\C/C=C\C/C=C\C/C=C\C/C=C\CC(=O)OC(CCC/C=C\C/C=C\CCCCCCC)CCCCCCCC(=O)NC(CCCN)C(=O)O. The number of unbranched alkanes of at least 4 members (excludes halogenated alkanes) is 10. The highest BCUT2D eigenvalue weighted by Crippen LogP contribution is 2.17. The van der Waals surface area contributed by atoms with E-state index < -0.39 is 12.0 Å². The maximum Gasteiger partial charge on any atom is 0.326 e. The Morgan fingerprint density at radius 1 is 0.574 bits per heavy atom. The van der Waals surface area contributed by atoms with E-state index in [9.17, 15) is 19.5 Å².